The first-order chi connectivity index (χ1) is 22.3. The van der Waals surface area contributed by atoms with Crippen LogP contribution in [0.1, 0.15) is 94.8 Å². The number of nitrogens with zero attached hydrogens (tertiary/aromatic N) is 4. The van der Waals surface area contributed by atoms with Crippen molar-refractivity contribution in [3.63, 3.8) is 0 Å². The molecule has 48 heavy (non-hydrogen) atoms. The number of hydrogen-bond acceptors (Lipinski definition) is 6. The molecule has 0 saturated heterocycles. The van der Waals surface area contributed by atoms with Gasteiger partial charge in [-0.25, -0.2) is 4.79 Å². The second-order valence-corrected chi connectivity index (χ2v) is 12.5. The van der Waals surface area contributed by atoms with Gasteiger partial charge >= 0.3 is 6.03 Å². The number of anilines is 2. The number of urea groups is 1. The normalized spacial score (nSPS) is 15.1. The molecule has 2 aromatic rings. The quantitative estimate of drug-likeness (QED) is 0.170. The summed E-state index contributed by atoms with van der Waals surface area (Å²) in [6.45, 7) is 7.55. The molecule has 0 bridgehead atoms. The highest BCUT2D eigenvalue weighted by Gasteiger charge is 2.34. The summed E-state index contributed by atoms with van der Waals surface area (Å²) in [6.07, 6.45) is 12.0. The predicted octanol–water partition coefficient (Wildman–Crippen LogP) is 6.50. The molecule has 0 heterocycles. The van der Waals surface area contributed by atoms with Gasteiger partial charge in [-0.05, 0) is 88.1 Å². The van der Waals surface area contributed by atoms with E-state index in [0.29, 0.717) is 23.5 Å². The van der Waals surface area contributed by atoms with Crippen molar-refractivity contribution in [3.05, 3.63) is 64.2 Å². The fourth-order valence-electron chi connectivity index (χ4n) is 6.78. The highest BCUT2D eigenvalue weighted by Crippen LogP contribution is 2.30. The van der Waals surface area contributed by atoms with Gasteiger partial charge in [0.25, 0.3) is 11.6 Å². The smallest absolute Gasteiger partial charge is 0.323 e. The van der Waals surface area contributed by atoms with Gasteiger partial charge in [0.05, 0.1) is 4.92 Å². The molecule has 4 rings (SSSR count). The van der Waals surface area contributed by atoms with Crippen LogP contribution in [0.2, 0.25) is 0 Å². The summed E-state index contributed by atoms with van der Waals surface area (Å²) in [4.78, 5) is 57.1. The molecule has 2 aliphatic carbocycles. The number of nitro groups is 1. The zero-order valence-corrected chi connectivity index (χ0v) is 29.1. The van der Waals surface area contributed by atoms with Gasteiger partial charge in [-0.3, -0.25) is 19.7 Å². The Labute approximate surface area is 290 Å². The van der Waals surface area contributed by atoms with Crippen LogP contribution < -0.4 is 10.6 Å². The van der Waals surface area contributed by atoms with Gasteiger partial charge in [-0.2, -0.15) is 0 Å². The number of nitro benzene ring substituents is 1. The minimum atomic E-state index is -0.512. The number of non-ortho nitro benzene ring substituents is 1. The Balaban J connectivity index is 0.00000400. The maximum absolute atomic E-state index is 14.1. The number of halogens is 1. The van der Waals surface area contributed by atoms with Crippen LogP contribution in [0.15, 0.2) is 48.5 Å². The molecule has 4 amide bonds. The summed E-state index contributed by atoms with van der Waals surface area (Å²) < 4.78 is 0. The third kappa shape index (κ3) is 11.7. The predicted molar refractivity (Wildman–Crippen MR) is 192 cm³/mol. The molecule has 4 N–H and O–H groups in total. The molecule has 266 valence electrons. The van der Waals surface area contributed by atoms with Crippen molar-refractivity contribution in [1.29, 1.82) is 0 Å². The molecule has 0 aromatic heterocycles. The molecule has 12 nitrogen and oxygen atoms in total. The largest absolute Gasteiger partial charge is 0.412 e. The molecular weight excluding hydrogens is 636 g/mol. The Kier molecular flexibility index (Phi) is 17.3. The zero-order chi connectivity index (χ0) is 32.9. The number of benzene rings is 2. The summed E-state index contributed by atoms with van der Waals surface area (Å²) in [7, 11) is 0. The average Bonchev–Trinajstić information content (AvgIpc) is 3.07. The van der Waals surface area contributed by atoms with E-state index < -0.39 is 11.0 Å². The number of nitrogens with one attached hydrogen (secondary N) is 2. The van der Waals surface area contributed by atoms with E-state index >= 15 is 0 Å². The third-order valence-electron chi connectivity index (χ3n) is 9.36. The molecule has 2 fully saturated rings. The van der Waals surface area contributed by atoms with Gasteiger partial charge in [-0.1, -0.05) is 52.4 Å². The summed E-state index contributed by atoms with van der Waals surface area (Å²) in [5, 5.41) is 16.2. The minimum Gasteiger partial charge on any atom is -0.412 e. The molecular formula is C35H53ClN6O6. The van der Waals surface area contributed by atoms with Crippen molar-refractivity contribution in [1.82, 2.24) is 14.7 Å². The molecule has 2 aromatic carbocycles. The van der Waals surface area contributed by atoms with Crippen LogP contribution in [0.4, 0.5) is 21.9 Å². The Morgan fingerprint density at radius 1 is 0.771 bits per heavy atom. The maximum atomic E-state index is 14.1. The highest BCUT2D eigenvalue weighted by atomic mass is 35.5. The first-order valence-corrected chi connectivity index (χ1v) is 17.0. The van der Waals surface area contributed by atoms with E-state index in [1.807, 2.05) is 0 Å². The van der Waals surface area contributed by atoms with Crippen molar-refractivity contribution in [2.45, 2.75) is 96.6 Å². The highest BCUT2D eigenvalue weighted by molar-refractivity contribution is 6.01. The summed E-state index contributed by atoms with van der Waals surface area (Å²) in [5.74, 6) is -0.127. The van der Waals surface area contributed by atoms with Crippen LogP contribution in [0.3, 0.4) is 0 Å². The molecule has 0 aliphatic heterocycles. The number of hydrogen-bond donors (Lipinski definition) is 2. The van der Waals surface area contributed by atoms with Crippen LogP contribution in [0.25, 0.3) is 0 Å². The first-order valence-electron chi connectivity index (χ1n) is 17.0. The molecule has 0 unspecified atom stereocenters. The van der Waals surface area contributed by atoms with Crippen LogP contribution in [-0.4, -0.2) is 87.8 Å². The van der Waals surface area contributed by atoms with E-state index in [2.05, 4.69) is 34.3 Å². The number of rotatable bonds is 14. The number of amides is 4. The summed E-state index contributed by atoms with van der Waals surface area (Å²) in [5.41, 5.74) is 1.29. The Bertz CT molecular complexity index is 1280. The van der Waals surface area contributed by atoms with Crippen LogP contribution in [-0.2, 0) is 4.79 Å². The molecule has 2 aliphatic rings. The van der Waals surface area contributed by atoms with Crippen molar-refractivity contribution < 1.29 is 24.8 Å². The SMILES string of the molecule is CCN(CC)CCCN(CC(=O)N(C1CCCCC1)C1CCCCC1)C(=O)c1ccc(NC(=O)Nc2ccc([N+](=O)[O-])cc2)cc1.Cl.O. The van der Waals surface area contributed by atoms with E-state index in [1.54, 1.807) is 29.2 Å². The van der Waals surface area contributed by atoms with Crippen molar-refractivity contribution in [3.8, 4) is 0 Å². The molecule has 13 heteroatoms. The number of carbonyl (C=O) groups excluding carboxylic acids is 3. The third-order valence-corrected chi connectivity index (χ3v) is 9.36. The van der Waals surface area contributed by atoms with E-state index in [1.165, 1.54) is 37.1 Å². The van der Waals surface area contributed by atoms with Gasteiger partial charge in [0.15, 0.2) is 0 Å². The summed E-state index contributed by atoms with van der Waals surface area (Å²) >= 11 is 0. The standard InChI is InChI=1S/C35H50N6O5.ClH.H2O/c1-3-38(4-2)24-11-25-39(26-33(42)40(30-12-7-5-8-13-30)31-14-9-6-10-15-31)34(43)27-16-18-28(19-17-27)36-35(44)37-29-20-22-32(23-21-29)41(45)46;;/h16-23,30-31H,3-15,24-26H2,1-2H3,(H2,36,37,44);1H;1H2. The first kappa shape index (κ1) is 40.4. The second kappa shape index (κ2) is 20.6. The van der Waals surface area contributed by atoms with Gasteiger partial charge < -0.3 is 30.8 Å². The lowest BCUT2D eigenvalue weighted by atomic mass is 9.88. The van der Waals surface area contributed by atoms with Crippen molar-refractivity contribution in [2.24, 2.45) is 0 Å². The fourth-order valence-corrected chi connectivity index (χ4v) is 6.78. The maximum Gasteiger partial charge on any atom is 0.323 e. The fraction of sp³-hybridized carbons (Fsp3) is 0.571. The zero-order valence-electron chi connectivity index (χ0n) is 28.3. The average molecular weight is 689 g/mol. The molecule has 0 atom stereocenters. The Morgan fingerprint density at radius 2 is 1.25 bits per heavy atom. The van der Waals surface area contributed by atoms with Crippen LogP contribution >= 0.6 is 12.4 Å². The van der Waals surface area contributed by atoms with E-state index in [4.69, 9.17) is 0 Å². The molecule has 0 spiro atoms. The van der Waals surface area contributed by atoms with Gasteiger partial charge in [0.2, 0.25) is 5.91 Å². The Hall–Kier alpha value is -3.74. The minimum absolute atomic E-state index is 0. The number of carbonyl (C=O) groups is 3. The van der Waals surface area contributed by atoms with Gasteiger partial charge in [-0.15, -0.1) is 12.4 Å². The lowest BCUT2D eigenvalue weighted by molar-refractivity contribution is -0.384. The van der Waals surface area contributed by atoms with Crippen LogP contribution in [0, 0.1) is 10.1 Å². The van der Waals surface area contributed by atoms with Gasteiger partial charge in [0, 0.05) is 47.7 Å². The lowest BCUT2D eigenvalue weighted by Gasteiger charge is -2.42. The molecule has 0 radical (unpaired) electrons. The van der Waals surface area contributed by atoms with Gasteiger partial charge in [0.1, 0.15) is 6.54 Å². The Morgan fingerprint density at radius 3 is 1.71 bits per heavy atom. The van der Waals surface area contributed by atoms with Crippen molar-refractivity contribution >= 4 is 47.3 Å². The van der Waals surface area contributed by atoms with E-state index in [-0.39, 0.29) is 54.0 Å². The van der Waals surface area contributed by atoms with Crippen molar-refractivity contribution in [2.75, 3.05) is 43.4 Å². The second-order valence-electron chi connectivity index (χ2n) is 12.5. The molecule has 2 saturated carbocycles. The van der Waals surface area contributed by atoms with Crippen LogP contribution in [0.5, 0.6) is 0 Å². The van der Waals surface area contributed by atoms with E-state index in [0.717, 1.165) is 77.4 Å². The van der Waals surface area contributed by atoms with E-state index in [9.17, 15) is 24.5 Å². The summed E-state index contributed by atoms with van der Waals surface area (Å²) in [6, 6.07) is 12.2. The lowest BCUT2D eigenvalue weighted by Crippen LogP contribution is -2.53. The topological polar surface area (TPSA) is 160 Å². The monoisotopic (exact) mass is 688 g/mol.